The fourth-order valence-corrected chi connectivity index (χ4v) is 3.20. The smallest absolute Gasteiger partial charge is 0.239 e. The molecule has 8 nitrogen and oxygen atoms in total. The molecule has 1 aliphatic heterocycles. The number of aromatic nitrogens is 4. The summed E-state index contributed by atoms with van der Waals surface area (Å²) in [6.07, 6.45) is 3.88. The van der Waals surface area contributed by atoms with Gasteiger partial charge in [-0.3, -0.25) is 19.3 Å². The molecule has 2 aromatic heterocycles. The van der Waals surface area contributed by atoms with Crippen LogP contribution in [0.1, 0.15) is 18.4 Å². The lowest BCUT2D eigenvalue weighted by Crippen LogP contribution is -2.48. The number of hydrogen-bond donors (Lipinski definition) is 1. The molecule has 8 heteroatoms. The van der Waals surface area contributed by atoms with Crippen LogP contribution in [0.15, 0.2) is 18.5 Å². The molecule has 1 aliphatic rings. The Kier molecular flexibility index (Phi) is 5.50. The number of carbonyl (C=O) groups excluding carboxylic acids is 1. The first-order chi connectivity index (χ1) is 12.0. The number of rotatable bonds is 6. The van der Waals surface area contributed by atoms with Crippen molar-refractivity contribution in [3.63, 3.8) is 0 Å². The summed E-state index contributed by atoms with van der Waals surface area (Å²) < 4.78 is 3.87. The van der Waals surface area contributed by atoms with Crippen molar-refractivity contribution in [2.75, 3.05) is 38.0 Å². The van der Waals surface area contributed by atoms with Crippen molar-refractivity contribution in [1.29, 1.82) is 0 Å². The van der Waals surface area contributed by atoms with E-state index in [-0.39, 0.29) is 5.91 Å². The van der Waals surface area contributed by atoms with Gasteiger partial charge < -0.3 is 9.88 Å². The largest absolute Gasteiger partial charge is 0.334 e. The Labute approximate surface area is 148 Å². The number of hydrogen-bond acceptors (Lipinski definition) is 5. The number of imidazole rings is 1. The molecule has 0 bridgehead atoms. The van der Waals surface area contributed by atoms with E-state index >= 15 is 0 Å². The minimum Gasteiger partial charge on any atom is -0.334 e. The van der Waals surface area contributed by atoms with Crippen LogP contribution in [0, 0.1) is 6.92 Å². The van der Waals surface area contributed by atoms with Crippen LogP contribution in [-0.4, -0.2) is 67.8 Å². The predicted molar refractivity (Wildman–Crippen MR) is 96.2 cm³/mol. The molecule has 0 radical (unpaired) electrons. The lowest BCUT2D eigenvalue weighted by atomic mass is 10.3. The normalized spacial score (nSPS) is 16.3. The summed E-state index contributed by atoms with van der Waals surface area (Å²) in [5.74, 6) is 1.87. The molecule has 1 saturated heterocycles. The van der Waals surface area contributed by atoms with Crippen molar-refractivity contribution in [1.82, 2.24) is 29.1 Å². The minimum absolute atomic E-state index is 0.0120. The molecule has 0 saturated carbocycles. The second-order valence-electron chi connectivity index (χ2n) is 6.52. The van der Waals surface area contributed by atoms with Crippen molar-refractivity contribution >= 4 is 11.7 Å². The van der Waals surface area contributed by atoms with Crippen molar-refractivity contribution < 1.29 is 4.79 Å². The molecule has 0 aromatic carbocycles. The Morgan fingerprint density at radius 3 is 2.60 bits per heavy atom. The van der Waals surface area contributed by atoms with E-state index < -0.39 is 0 Å². The topological polar surface area (TPSA) is 71.2 Å². The summed E-state index contributed by atoms with van der Waals surface area (Å²) in [6.45, 7) is 9.97. The van der Waals surface area contributed by atoms with Crippen LogP contribution < -0.4 is 5.32 Å². The molecular weight excluding hydrogens is 318 g/mol. The minimum atomic E-state index is 0.0120. The van der Waals surface area contributed by atoms with Crippen molar-refractivity contribution in [3.05, 3.63) is 30.0 Å². The third kappa shape index (κ3) is 4.46. The summed E-state index contributed by atoms with van der Waals surface area (Å²) >= 11 is 0. The van der Waals surface area contributed by atoms with Gasteiger partial charge in [0.2, 0.25) is 5.91 Å². The van der Waals surface area contributed by atoms with Gasteiger partial charge in [0.15, 0.2) is 0 Å². The van der Waals surface area contributed by atoms with Gasteiger partial charge in [0, 0.05) is 58.2 Å². The van der Waals surface area contributed by atoms with Gasteiger partial charge in [-0.05, 0) is 13.8 Å². The first-order valence-corrected chi connectivity index (χ1v) is 8.80. The van der Waals surface area contributed by atoms with Gasteiger partial charge >= 0.3 is 0 Å². The van der Waals surface area contributed by atoms with E-state index in [1.54, 1.807) is 4.68 Å². The van der Waals surface area contributed by atoms with E-state index in [2.05, 4.69) is 36.7 Å². The Balaban J connectivity index is 1.44. The Hall–Kier alpha value is -2.19. The van der Waals surface area contributed by atoms with Crippen molar-refractivity contribution in [2.24, 2.45) is 7.05 Å². The number of aryl methyl sites for hydroxylation is 3. The third-order valence-corrected chi connectivity index (χ3v) is 4.61. The highest BCUT2D eigenvalue weighted by Gasteiger charge is 2.20. The van der Waals surface area contributed by atoms with E-state index in [9.17, 15) is 4.79 Å². The average molecular weight is 345 g/mol. The maximum atomic E-state index is 12.2. The molecule has 0 atom stereocenters. The highest BCUT2D eigenvalue weighted by Crippen LogP contribution is 2.10. The Morgan fingerprint density at radius 1 is 1.24 bits per heavy atom. The van der Waals surface area contributed by atoms with Crippen LogP contribution in [0.25, 0.3) is 0 Å². The summed E-state index contributed by atoms with van der Waals surface area (Å²) in [6, 6.07) is 1.88. The molecule has 2 aromatic rings. The third-order valence-electron chi connectivity index (χ3n) is 4.61. The quantitative estimate of drug-likeness (QED) is 0.835. The fourth-order valence-electron chi connectivity index (χ4n) is 3.20. The molecule has 0 spiro atoms. The monoisotopic (exact) mass is 345 g/mol. The van der Waals surface area contributed by atoms with E-state index in [0.29, 0.717) is 6.54 Å². The van der Waals surface area contributed by atoms with E-state index in [4.69, 9.17) is 0 Å². The molecule has 1 N–H and O–H groups in total. The average Bonchev–Trinajstić information content (AvgIpc) is 3.15. The zero-order valence-corrected chi connectivity index (χ0v) is 15.3. The number of carbonyl (C=O) groups is 1. The molecule has 3 rings (SSSR count). The van der Waals surface area contributed by atoms with Crippen LogP contribution in [0.4, 0.5) is 5.82 Å². The van der Waals surface area contributed by atoms with Crippen LogP contribution >= 0.6 is 0 Å². The molecule has 0 aliphatic carbocycles. The zero-order chi connectivity index (χ0) is 17.8. The van der Waals surface area contributed by atoms with Crippen LogP contribution in [0.2, 0.25) is 0 Å². The summed E-state index contributed by atoms with van der Waals surface area (Å²) in [5, 5.41) is 7.18. The van der Waals surface area contributed by atoms with Gasteiger partial charge in [0.1, 0.15) is 11.6 Å². The van der Waals surface area contributed by atoms with Crippen molar-refractivity contribution in [2.45, 2.75) is 26.9 Å². The Morgan fingerprint density at radius 2 is 1.96 bits per heavy atom. The molecule has 0 unspecified atom stereocenters. The second-order valence-corrected chi connectivity index (χ2v) is 6.52. The van der Waals surface area contributed by atoms with Gasteiger partial charge in [-0.1, -0.05) is 0 Å². The van der Waals surface area contributed by atoms with Crippen LogP contribution in [0.5, 0.6) is 0 Å². The summed E-state index contributed by atoms with van der Waals surface area (Å²) in [7, 11) is 1.83. The lowest BCUT2D eigenvalue weighted by Gasteiger charge is -2.34. The van der Waals surface area contributed by atoms with Gasteiger partial charge in [0.25, 0.3) is 0 Å². The van der Waals surface area contributed by atoms with E-state index in [1.165, 1.54) is 0 Å². The van der Waals surface area contributed by atoms with Crippen LogP contribution in [-0.2, 0) is 24.9 Å². The van der Waals surface area contributed by atoms with Crippen molar-refractivity contribution in [3.8, 4) is 0 Å². The number of amides is 1. The molecule has 1 fully saturated rings. The highest BCUT2D eigenvalue weighted by atomic mass is 16.2. The molecule has 1 amide bonds. The predicted octanol–water partition coefficient (Wildman–Crippen LogP) is 0.701. The fraction of sp³-hybridized carbons (Fsp3) is 0.588. The zero-order valence-electron chi connectivity index (χ0n) is 15.3. The van der Waals surface area contributed by atoms with Gasteiger partial charge in [-0.25, -0.2) is 4.98 Å². The van der Waals surface area contributed by atoms with Crippen LogP contribution in [0.3, 0.4) is 0 Å². The molecule has 136 valence electrons. The first kappa shape index (κ1) is 17.6. The van der Waals surface area contributed by atoms with E-state index in [1.807, 2.05) is 32.4 Å². The molecule has 3 heterocycles. The number of nitrogens with one attached hydrogen (secondary N) is 1. The summed E-state index contributed by atoms with van der Waals surface area (Å²) in [5.41, 5.74) is 0.900. The molecular formula is C17H27N7O. The maximum absolute atomic E-state index is 12.2. The molecule has 25 heavy (non-hydrogen) atoms. The van der Waals surface area contributed by atoms with Gasteiger partial charge in [-0.15, -0.1) is 0 Å². The number of anilines is 1. The summed E-state index contributed by atoms with van der Waals surface area (Å²) in [4.78, 5) is 21.3. The Bertz CT molecular complexity index is 712. The maximum Gasteiger partial charge on any atom is 0.239 e. The second kappa shape index (κ2) is 7.79. The van der Waals surface area contributed by atoms with E-state index in [0.717, 1.165) is 56.6 Å². The van der Waals surface area contributed by atoms with Gasteiger partial charge in [0.05, 0.1) is 18.8 Å². The standard InChI is InChI=1S/C17H27N7O/c1-4-24-6-5-18-16(24)12-22-7-9-23(10-8-22)13-17(25)19-15-11-14(2)20-21(15)3/h5-6,11H,4,7-10,12-13H2,1-3H3,(H,19,25). The number of nitrogens with zero attached hydrogens (tertiary/aromatic N) is 6. The highest BCUT2D eigenvalue weighted by molar-refractivity contribution is 5.91. The lowest BCUT2D eigenvalue weighted by molar-refractivity contribution is -0.117. The number of piperazine rings is 1. The first-order valence-electron chi connectivity index (χ1n) is 8.80. The SMILES string of the molecule is CCn1ccnc1CN1CCN(CC(=O)Nc2cc(C)nn2C)CC1. The van der Waals surface area contributed by atoms with Gasteiger partial charge in [-0.2, -0.15) is 5.10 Å².